The lowest BCUT2D eigenvalue weighted by Gasteiger charge is -2.19. The Morgan fingerprint density at radius 3 is 2.61 bits per heavy atom. The number of aliphatic hydroxyl groups is 3. The molecule has 0 spiro atoms. The quantitative estimate of drug-likeness (QED) is 0.495. The fourth-order valence-electron chi connectivity index (χ4n) is 3.53. The number of ether oxygens (including phenoxy) is 1. The van der Waals surface area contributed by atoms with Crippen LogP contribution < -0.4 is 5.32 Å². The summed E-state index contributed by atoms with van der Waals surface area (Å²) in [6, 6.07) is 10.1. The van der Waals surface area contributed by atoms with Crippen LogP contribution in [-0.4, -0.2) is 59.8 Å². The highest BCUT2D eigenvalue weighted by Gasteiger charge is 2.44. The molecule has 4 rings (SSSR count). The van der Waals surface area contributed by atoms with Gasteiger partial charge in [0.2, 0.25) is 0 Å². The molecule has 0 bridgehead atoms. The number of aliphatic hydroxyl groups excluding tert-OH is 3. The molecule has 0 saturated carbocycles. The van der Waals surface area contributed by atoms with E-state index in [0.29, 0.717) is 17.0 Å². The number of hydrogen-bond acceptors (Lipinski definition) is 8. The predicted molar refractivity (Wildman–Crippen MR) is 101 cm³/mol. The van der Waals surface area contributed by atoms with Gasteiger partial charge in [0, 0.05) is 0 Å². The molecule has 1 aromatic carbocycles. The third kappa shape index (κ3) is 3.22. The first-order valence-corrected chi connectivity index (χ1v) is 9.25. The first-order chi connectivity index (χ1) is 13.6. The van der Waals surface area contributed by atoms with Gasteiger partial charge in [-0.1, -0.05) is 37.3 Å². The highest BCUT2D eigenvalue weighted by Crippen LogP contribution is 2.32. The zero-order valence-corrected chi connectivity index (χ0v) is 15.4. The van der Waals surface area contributed by atoms with Gasteiger partial charge in [-0.2, -0.15) is 0 Å². The van der Waals surface area contributed by atoms with Gasteiger partial charge < -0.3 is 25.4 Å². The van der Waals surface area contributed by atoms with E-state index in [1.807, 2.05) is 18.2 Å². The molecule has 1 saturated heterocycles. The van der Waals surface area contributed by atoms with Crippen LogP contribution in [0.1, 0.15) is 31.2 Å². The SMILES string of the molecule is CCC(Nc1ncnc2c1ncn2[C@@H]1O[C@H](CO)[C@H](O)[C@@H]1O)c1ccccc1. The topological polar surface area (TPSA) is 126 Å². The van der Waals surface area contributed by atoms with Crippen LogP contribution in [0.4, 0.5) is 5.82 Å². The second-order valence-corrected chi connectivity index (χ2v) is 6.79. The third-order valence-corrected chi connectivity index (χ3v) is 5.07. The molecule has 1 fully saturated rings. The molecular formula is C19H23N5O4. The average molecular weight is 385 g/mol. The van der Waals surface area contributed by atoms with Crippen molar-refractivity contribution in [1.82, 2.24) is 19.5 Å². The highest BCUT2D eigenvalue weighted by molar-refractivity contribution is 5.83. The molecule has 3 heterocycles. The van der Waals surface area contributed by atoms with E-state index in [4.69, 9.17) is 4.74 Å². The Balaban J connectivity index is 1.66. The van der Waals surface area contributed by atoms with E-state index >= 15 is 0 Å². The van der Waals surface area contributed by atoms with Gasteiger partial charge in [0.05, 0.1) is 19.0 Å². The van der Waals surface area contributed by atoms with E-state index in [1.54, 1.807) is 4.57 Å². The summed E-state index contributed by atoms with van der Waals surface area (Å²) in [6.07, 6.45) is -0.375. The molecule has 1 aliphatic heterocycles. The number of aromatic nitrogens is 4. The van der Waals surface area contributed by atoms with Crippen LogP contribution in [0.3, 0.4) is 0 Å². The fourth-order valence-corrected chi connectivity index (χ4v) is 3.53. The number of hydrogen-bond donors (Lipinski definition) is 4. The lowest BCUT2D eigenvalue weighted by atomic mass is 10.0. The summed E-state index contributed by atoms with van der Waals surface area (Å²) >= 11 is 0. The molecule has 1 unspecified atom stereocenters. The van der Waals surface area contributed by atoms with Crippen molar-refractivity contribution in [3.05, 3.63) is 48.5 Å². The third-order valence-electron chi connectivity index (χ3n) is 5.07. The molecule has 9 heteroatoms. The van der Waals surface area contributed by atoms with Crippen LogP contribution >= 0.6 is 0 Å². The Bertz CT molecular complexity index is 934. The van der Waals surface area contributed by atoms with Crippen molar-refractivity contribution < 1.29 is 20.1 Å². The van der Waals surface area contributed by atoms with Gasteiger partial charge in [-0.3, -0.25) is 4.57 Å². The Hall–Kier alpha value is -2.59. The summed E-state index contributed by atoms with van der Waals surface area (Å²) in [5.74, 6) is 0.575. The first kappa shape index (κ1) is 18.8. The summed E-state index contributed by atoms with van der Waals surface area (Å²) in [7, 11) is 0. The second-order valence-electron chi connectivity index (χ2n) is 6.79. The van der Waals surface area contributed by atoms with Crippen molar-refractivity contribution in [2.24, 2.45) is 0 Å². The van der Waals surface area contributed by atoms with Crippen LogP contribution in [0, 0.1) is 0 Å². The van der Waals surface area contributed by atoms with Gasteiger partial charge in [-0.15, -0.1) is 0 Å². The number of rotatable bonds is 6. The number of nitrogens with one attached hydrogen (secondary N) is 1. The maximum absolute atomic E-state index is 10.3. The van der Waals surface area contributed by atoms with Gasteiger partial charge in [-0.05, 0) is 12.0 Å². The van der Waals surface area contributed by atoms with Crippen molar-refractivity contribution in [1.29, 1.82) is 0 Å². The van der Waals surface area contributed by atoms with Crippen molar-refractivity contribution in [3.8, 4) is 0 Å². The van der Waals surface area contributed by atoms with Gasteiger partial charge in [-0.25, -0.2) is 15.0 Å². The fraction of sp³-hybridized carbons (Fsp3) is 0.421. The summed E-state index contributed by atoms with van der Waals surface area (Å²) in [6.45, 7) is 1.69. The summed E-state index contributed by atoms with van der Waals surface area (Å²) in [5.41, 5.74) is 2.14. The molecule has 148 valence electrons. The van der Waals surface area contributed by atoms with Crippen LogP contribution in [-0.2, 0) is 4.74 Å². The normalized spacial score (nSPS) is 25.9. The summed E-state index contributed by atoms with van der Waals surface area (Å²) in [4.78, 5) is 13.0. The van der Waals surface area contributed by atoms with E-state index < -0.39 is 31.1 Å². The molecule has 0 aliphatic carbocycles. The van der Waals surface area contributed by atoms with Crippen LogP contribution in [0.25, 0.3) is 11.2 Å². The van der Waals surface area contributed by atoms with Crippen molar-refractivity contribution in [2.45, 2.75) is 43.9 Å². The predicted octanol–water partition coefficient (Wildman–Crippen LogP) is 1.00. The zero-order valence-electron chi connectivity index (χ0n) is 15.4. The van der Waals surface area contributed by atoms with Crippen LogP contribution in [0.5, 0.6) is 0 Å². The van der Waals surface area contributed by atoms with Crippen molar-refractivity contribution in [3.63, 3.8) is 0 Å². The van der Waals surface area contributed by atoms with E-state index in [-0.39, 0.29) is 6.04 Å². The van der Waals surface area contributed by atoms with Gasteiger partial charge in [0.15, 0.2) is 23.2 Å². The Morgan fingerprint density at radius 1 is 1.14 bits per heavy atom. The molecular weight excluding hydrogens is 362 g/mol. The Labute approximate surface area is 161 Å². The molecule has 1 aliphatic rings. The number of anilines is 1. The van der Waals surface area contributed by atoms with E-state index in [1.165, 1.54) is 12.7 Å². The number of nitrogens with zero attached hydrogens (tertiary/aromatic N) is 4. The molecule has 5 atom stereocenters. The van der Waals surface area contributed by atoms with Crippen LogP contribution in [0.15, 0.2) is 43.0 Å². The average Bonchev–Trinajstić information content (AvgIpc) is 3.28. The van der Waals surface area contributed by atoms with E-state index in [0.717, 1.165) is 12.0 Å². The highest BCUT2D eigenvalue weighted by atomic mass is 16.6. The molecule has 28 heavy (non-hydrogen) atoms. The minimum Gasteiger partial charge on any atom is -0.394 e. The van der Waals surface area contributed by atoms with Crippen molar-refractivity contribution >= 4 is 17.0 Å². The van der Waals surface area contributed by atoms with Gasteiger partial charge in [0.1, 0.15) is 24.6 Å². The van der Waals surface area contributed by atoms with Crippen LogP contribution in [0.2, 0.25) is 0 Å². The van der Waals surface area contributed by atoms with E-state index in [2.05, 4.69) is 39.3 Å². The molecule has 2 aromatic heterocycles. The number of imidazole rings is 1. The minimum absolute atomic E-state index is 0.0540. The molecule has 0 amide bonds. The zero-order chi connectivity index (χ0) is 19.7. The lowest BCUT2D eigenvalue weighted by Crippen LogP contribution is -2.33. The molecule has 9 nitrogen and oxygen atoms in total. The largest absolute Gasteiger partial charge is 0.394 e. The molecule has 3 aromatic rings. The maximum atomic E-state index is 10.3. The smallest absolute Gasteiger partial charge is 0.167 e. The molecule has 4 N–H and O–H groups in total. The minimum atomic E-state index is -1.20. The van der Waals surface area contributed by atoms with E-state index in [9.17, 15) is 15.3 Å². The number of benzene rings is 1. The monoisotopic (exact) mass is 385 g/mol. The summed E-state index contributed by atoms with van der Waals surface area (Å²) in [5, 5.41) is 33.0. The number of fused-ring (bicyclic) bond motifs is 1. The molecule has 0 radical (unpaired) electrons. The Morgan fingerprint density at radius 2 is 1.93 bits per heavy atom. The summed E-state index contributed by atoms with van der Waals surface area (Å²) < 4.78 is 7.14. The second kappa shape index (κ2) is 7.80. The van der Waals surface area contributed by atoms with Gasteiger partial charge in [0.25, 0.3) is 0 Å². The first-order valence-electron chi connectivity index (χ1n) is 9.25. The standard InChI is InChI=1S/C19H23N5O4/c1-2-12(11-6-4-3-5-7-11)23-17-14-18(21-9-20-17)24(10-22-14)19-16(27)15(26)13(8-25)28-19/h3-7,9-10,12-13,15-16,19,25-27H,2,8H2,1H3,(H,20,21,23)/t12?,13-,15+,16+,19-/m1/s1. The van der Waals surface area contributed by atoms with Gasteiger partial charge >= 0.3 is 0 Å². The van der Waals surface area contributed by atoms with Crippen molar-refractivity contribution in [2.75, 3.05) is 11.9 Å². The Kier molecular flexibility index (Phi) is 5.23. The lowest BCUT2D eigenvalue weighted by molar-refractivity contribution is -0.0511. The maximum Gasteiger partial charge on any atom is 0.167 e.